The minimum absolute atomic E-state index is 0.169. The summed E-state index contributed by atoms with van der Waals surface area (Å²) in [5.41, 5.74) is 2.28. The SMILES string of the molecule is CC(C)=CC(=O)N1CCCC(N2CCN(c3cccc(Cl)c3)CC2)C1. The Labute approximate surface area is 156 Å². The number of piperazine rings is 1. The summed E-state index contributed by atoms with van der Waals surface area (Å²) in [4.78, 5) is 19.3. The second-order valence-electron chi connectivity index (χ2n) is 7.30. The molecule has 136 valence electrons. The third kappa shape index (κ3) is 4.77. The average Bonchev–Trinajstić information content (AvgIpc) is 2.61. The zero-order valence-corrected chi connectivity index (χ0v) is 16.0. The minimum Gasteiger partial charge on any atom is -0.369 e. The predicted octanol–water partition coefficient (Wildman–Crippen LogP) is 3.42. The van der Waals surface area contributed by atoms with Crippen LogP contribution in [-0.4, -0.2) is 61.0 Å². The Kier molecular flexibility index (Phi) is 6.02. The summed E-state index contributed by atoms with van der Waals surface area (Å²) in [5, 5.41) is 0.792. The Hall–Kier alpha value is -1.52. The molecule has 1 aromatic rings. The van der Waals surface area contributed by atoms with E-state index in [1.165, 1.54) is 12.1 Å². The van der Waals surface area contributed by atoms with Crippen LogP contribution < -0.4 is 4.90 Å². The molecule has 2 fully saturated rings. The van der Waals surface area contributed by atoms with Crippen molar-refractivity contribution in [2.75, 3.05) is 44.2 Å². The van der Waals surface area contributed by atoms with E-state index in [0.717, 1.165) is 56.3 Å². The van der Waals surface area contributed by atoms with E-state index in [-0.39, 0.29) is 5.91 Å². The molecule has 1 atom stereocenters. The number of likely N-dealkylation sites (tertiary alicyclic amines) is 1. The molecule has 25 heavy (non-hydrogen) atoms. The highest BCUT2D eigenvalue weighted by Crippen LogP contribution is 2.23. The number of carbonyl (C=O) groups excluding carboxylic acids is 1. The molecule has 2 saturated heterocycles. The summed E-state index contributed by atoms with van der Waals surface area (Å²) < 4.78 is 0. The van der Waals surface area contributed by atoms with E-state index in [2.05, 4.69) is 15.9 Å². The van der Waals surface area contributed by atoms with Crippen LogP contribution in [0.5, 0.6) is 0 Å². The molecule has 1 amide bonds. The third-order valence-electron chi connectivity index (χ3n) is 5.12. The number of piperidine rings is 1. The summed E-state index contributed by atoms with van der Waals surface area (Å²) in [6.07, 6.45) is 4.05. The number of benzene rings is 1. The lowest BCUT2D eigenvalue weighted by molar-refractivity contribution is -0.128. The molecule has 2 heterocycles. The monoisotopic (exact) mass is 361 g/mol. The van der Waals surface area contributed by atoms with E-state index in [0.29, 0.717) is 6.04 Å². The number of halogens is 1. The maximum absolute atomic E-state index is 12.3. The average molecular weight is 362 g/mol. The van der Waals surface area contributed by atoms with Gasteiger partial charge in [-0.1, -0.05) is 23.2 Å². The Morgan fingerprint density at radius 3 is 2.60 bits per heavy atom. The molecule has 0 N–H and O–H groups in total. The molecule has 0 aliphatic carbocycles. The molecule has 0 aromatic heterocycles. The van der Waals surface area contributed by atoms with Gasteiger partial charge in [-0.3, -0.25) is 9.69 Å². The van der Waals surface area contributed by atoms with E-state index in [1.807, 2.05) is 36.9 Å². The van der Waals surface area contributed by atoms with Crippen LogP contribution in [0.25, 0.3) is 0 Å². The van der Waals surface area contributed by atoms with Crippen LogP contribution in [0.3, 0.4) is 0 Å². The van der Waals surface area contributed by atoms with Crippen molar-refractivity contribution in [3.05, 3.63) is 40.9 Å². The molecule has 3 rings (SSSR count). The quantitative estimate of drug-likeness (QED) is 0.772. The van der Waals surface area contributed by atoms with Gasteiger partial charge < -0.3 is 9.80 Å². The van der Waals surface area contributed by atoms with Gasteiger partial charge in [0.2, 0.25) is 5.91 Å². The first kappa shape index (κ1) is 18.3. The van der Waals surface area contributed by atoms with E-state index in [9.17, 15) is 4.79 Å². The molecule has 2 aliphatic rings. The van der Waals surface area contributed by atoms with Crippen LogP contribution in [-0.2, 0) is 4.79 Å². The van der Waals surface area contributed by atoms with Crippen LogP contribution in [0.4, 0.5) is 5.69 Å². The van der Waals surface area contributed by atoms with Gasteiger partial charge in [-0.25, -0.2) is 0 Å². The second kappa shape index (κ2) is 8.24. The third-order valence-corrected chi connectivity index (χ3v) is 5.36. The first-order chi connectivity index (χ1) is 12.0. The summed E-state index contributed by atoms with van der Waals surface area (Å²) >= 11 is 6.12. The molecular weight excluding hydrogens is 334 g/mol. The largest absolute Gasteiger partial charge is 0.369 e. The summed E-state index contributed by atoms with van der Waals surface area (Å²) in [5.74, 6) is 0.169. The topological polar surface area (TPSA) is 26.8 Å². The Morgan fingerprint density at radius 1 is 1.16 bits per heavy atom. The normalized spacial score (nSPS) is 22.0. The summed E-state index contributed by atoms with van der Waals surface area (Å²) in [6.45, 7) is 9.82. The molecule has 0 saturated carbocycles. The molecular formula is C20H28ClN3O. The standard InChI is InChI=1S/C20H28ClN3O/c1-16(2)13-20(25)24-8-4-7-19(15-24)23-11-9-22(10-12-23)18-6-3-5-17(21)14-18/h3,5-6,13-14,19H,4,7-12,15H2,1-2H3. The smallest absolute Gasteiger partial charge is 0.246 e. The van der Waals surface area contributed by atoms with Crippen molar-refractivity contribution >= 4 is 23.2 Å². The van der Waals surface area contributed by atoms with Gasteiger partial charge in [0.25, 0.3) is 0 Å². The first-order valence-electron chi connectivity index (χ1n) is 9.21. The first-order valence-corrected chi connectivity index (χ1v) is 9.59. The molecule has 2 aliphatic heterocycles. The minimum atomic E-state index is 0.169. The summed E-state index contributed by atoms with van der Waals surface area (Å²) in [7, 11) is 0. The van der Waals surface area contributed by atoms with Crippen LogP contribution in [0.1, 0.15) is 26.7 Å². The maximum atomic E-state index is 12.3. The lowest BCUT2D eigenvalue weighted by atomic mass is 10.0. The fraction of sp³-hybridized carbons (Fsp3) is 0.550. The number of allylic oxidation sites excluding steroid dienone is 1. The Balaban J connectivity index is 1.55. The molecule has 0 bridgehead atoms. The zero-order chi connectivity index (χ0) is 17.8. The van der Waals surface area contributed by atoms with Crippen LogP contribution in [0.2, 0.25) is 5.02 Å². The number of amides is 1. The molecule has 0 radical (unpaired) electrons. The molecule has 1 unspecified atom stereocenters. The van der Waals surface area contributed by atoms with Crippen LogP contribution >= 0.6 is 11.6 Å². The highest BCUT2D eigenvalue weighted by molar-refractivity contribution is 6.30. The number of rotatable bonds is 3. The van der Waals surface area contributed by atoms with Gasteiger partial charge in [0.05, 0.1) is 0 Å². The number of carbonyl (C=O) groups is 1. The van der Waals surface area contributed by atoms with Gasteiger partial charge in [-0.2, -0.15) is 0 Å². The van der Waals surface area contributed by atoms with Crippen molar-refractivity contribution in [3.63, 3.8) is 0 Å². The van der Waals surface area contributed by atoms with Crippen molar-refractivity contribution in [1.29, 1.82) is 0 Å². The van der Waals surface area contributed by atoms with Crippen molar-refractivity contribution in [2.24, 2.45) is 0 Å². The highest BCUT2D eigenvalue weighted by atomic mass is 35.5. The molecule has 1 aromatic carbocycles. The van der Waals surface area contributed by atoms with E-state index in [1.54, 1.807) is 6.08 Å². The second-order valence-corrected chi connectivity index (χ2v) is 7.74. The lowest BCUT2D eigenvalue weighted by Gasteiger charge is -2.43. The maximum Gasteiger partial charge on any atom is 0.246 e. The Bertz CT molecular complexity index is 634. The van der Waals surface area contributed by atoms with E-state index >= 15 is 0 Å². The fourth-order valence-electron chi connectivity index (χ4n) is 3.81. The van der Waals surface area contributed by atoms with Crippen molar-refractivity contribution in [3.8, 4) is 0 Å². The fourth-order valence-corrected chi connectivity index (χ4v) is 3.99. The zero-order valence-electron chi connectivity index (χ0n) is 15.2. The van der Waals surface area contributed by atoms with Crippen molar-refractivity contribution < 1.29 is 4.79 Å². The molecule has 0 spiro atoms. The molecule has 5 heteroatoms. The highest BCUT2D eigenvalue weighted by Gasteiger charge is 2.29. The van der Waals surface area contributed by atoms with Crippen molar-refractivity contribution in [1.82, 2.24) is 9.80 Å². The van der Waals surface area contributed by atoms with Gasteiger partial charge in [0.1, 0.15) is 0 Å². The van der Waals surface area contributed by atoms with Crippen LogP contribution in [0.15, 0.2) is 35.9 Å². The lowest BCUT2D eigenvalue weighted by Crippen LogP contribution is -2.55. The number of nitrogens with zero attached hydrogens (tertiary/aromatic N) is 3. The molecule has 4 nitrogen and oxygen atoms in total. The Morgan fingerprint density at radius 2 is 1.92 bits per heavy atom. The van der Waals surface area contributed by atoms with Gasteiger partial charge in [-0.15, -0.1) is 0 Å². The van der Waals surface area contributed by atoms with Gasteiger partial charge in [0.15, 0.2) is 0 Å². The van der Waals surface area contributed by atoms with Gasteiger partial charge >= 0.3 is 0 Å². The van der Waals surface area contributed by atoms with Gasteiger partial charge in [0, 0.05) is 62.1 Å². The summed E-state index contributed by atoms with van der Waals surface area (Å²) in [6, 6.07) is 8.59. The number of anilines is 1. The van der Waals surface area contributed by atoms with Crippen molar-refractivity contribution in [2.45, 2.75) is 32.7 Å². The van der Waals surface area contributed by atoms with Gasteiger partial charge in [-0.05, 0) is 44.9 Å². The predicted molar refractivity (Wildman–Crippen MR) is 104 cm³/mol. The van der Waals surface area contributed by atoms with E-state index < -0.39 is 0 Å². The number of hydrogen-bond acceptors (Lipinski definition) is 3. The number of hydrogen-bond donors (Lipinski definition) is 0. The van der Waals surface area contributed by atoms with Crippen LogP contribution in [0, 0.1) is 0 Å². The van der Waals surface area contributed by atoms with E-state index in [4.69, 9.17) is 11.6 Å².